The molecule has 6 nitrogen and oxygen atoms in total. The third kappa shape index (κ3) is 5.10. The van der Waals surface area contributed by atoms with E-state index in [9.17, 15) is 13.5 Å². The first-order valence-electron chi connectivity index (χ1n) is 11.0. The molecule has 0 spiro atoms. The summed E-state index contributed by atoms with van der Waals surface area (Å²) in [6, 6.07) is 4.75. The number of aliphatic hydroxyl groups is 1. The standard InChI is InChI=1S/C24H35NO5SSi/c1-19-15-20(17-30-18-29-13-14-32(3,4)5)22(16-26)21-9-12-25(23(19)21)31(27,28)24(2)10-7-6-8-11-24/h6-10,12,15,26H,11,13-14,16-18H2,1-5H3. The molecule has 0 bridgehead atoms. The quantitative estimate of drug-likeness (QED) is 0.304. The Morgan fingerprint density at radius 3 is 2.59 bits per heavy atom. The Bertz CT molecular complexity index is 1130. The van der Waals surface area contributed by atoms with Gasteiger partial charge in [0.15, 0.2) is 0 Å². The molecule has 2 aromatic rings. The van der Waals surface area contributed by atoms with Crippen LogP contribution in [0.15, 0.2) is 42.6 Å². The van der Waals surface area contributed by atoms with Gasteiger partial charge in [0.2, 0.25) is 10.0 Å². The summed E-state index contributed by atoms with van der Waals surface area (Å²) >= 11 is 0. The van der Waals surface area contributed by atoms with Crippen molar-refractivity contribution < 1.29 is 23.0 Å². The fourth-order valence-corrected chi connectivity index (χ4v) is 6.39. The molecule has 176 valence electrons. The molecule has 0 saturated carbocycles. The van der Waals surface area contributed by atoms with E-state index in [1.165, 1.54) is 3.97 Å². The number of ether oxygens (including phenoxy) is 2. The van der Waals surface area contributed by atoms with Crippen molar-refractivity contribution in [1.82, 2.24) is 3.97 Å². The second-order valence-corrected chi connectivity index (χ2v) is 17.8. The maximum Gasteiger partial charge on any atom is 0.248 e. The van der Waals surface area contributed by atoms with Gasteiger partial charge in [0, 0.05) is 26.3 Å². The summed E-state index contributed by atoms with van der Waals surface area (Å²) < 4.78 is 38.7. The second kappa shape index (κ2) is 9.65. The lowest BCUT2D eigenvalue weighted by Crippen LogP contribution is -2.37. The molecule has 1 unspecified atom stereocenters. The van der Waals surface area contributed by atoms with Crippen LogP contribution < -0.4 is 0 Å². The molecule has 1 heterocycles. The van der Waals surface area contributed by atoms with Crippen molar-refractivity contribution >= 4 is 29.0 Å². The number of aromatic nitrogens is 1. The second-order valence-electron chi connectivity index (χ2n) is 9.86. The maximum absolute atomic E-state index is 13.5. The van der Waals surface area contributed by atoms with Crippen molar-refractivity contribution in [3.8, 4) is 0 Å². The van der Waals surface area contributed by atoms with E-state index in [4.69, 9.17) is 9.47 Å². The Balaban J connectivity index is 1.85. The van der Waals surface area contributed by atoms with Gasteiger partial charge in [0.25, 0.3) is 0 Å². The lowest BCUT2D eigenvalue weighted by atomic mass is 10.0. The molecule has 32 heavy (non-hydrogen) atoms. The summed E-state index contributed by atoms with van der Waals surface area (Å²) in [6.07, 6.45) is 9.26. The Kier molecular flexibility index (Phi) is 7.51. The first kappa shape index (κ1) is 24.9. The highest BCUT2D eigenvalue weighted by atomic mass is 32.2. The van der Waals surface area contributed by atoms with Gasteiger partial charge in [0.1, 0.15) is 11.5 Å². The molecule has 0 fully saturated rings. The summed E-state index contributed by atoms with van der Waals surface area (Å²) in [4.78, 5) is 0. The number of hydrogen-bond donors (Lipinski definition) is 1. The van der Waals surface area contributed by atoms with Gasteiger partial charge < -0.3 is 14.6 Å². The molecule has 0 amide bonds. The molecule has 3 rings (SSSR count). The Morgan fingerprint density at radius 1 is 1.22 bits per heavy atom. The molecule has 1 aromatic heterocycles. The van der Waals surface area contributed by atoms with Crippen LogP contribution in [-0.2, 0) is 32.7 Å². The normalized spacial score (nSPS) is 19.2. The van der Waals surface area contributed by atoms with Crippen LogP contribution in [0.3, 0.4) is 0 Å². The number of aliphatic hydroxyl groups excluding tert-OH is 1. The minimum absolute atomic E-state index is 0.194. The van der Waals surface area contributed by atoms with Gasteiger partial charge in [-0.25, -0.2) is 12.4 Å². The van der Waals surface area contributed by atoms with E-state index in [1.54, 1.807) is 31.3 Å². The van der Waals surface area contributed by atoms with Crippen LogP contribution in [0.25, 0.3) is 10.9 Å². The fraction of sp³-hybridized carbons (Fsp3) is 0.500. The molecule has 1 aliphatic carbocycles. The van der Waals surface area contributed by atoms with Crippen LogP contribution in [0.2, 0.25) is 25.7 Å². The van der Waals surface area contributed by atoms with Crippen molar-refractivity contribution in [3.63, 3.8) is 0 Å². The van der Waals surface area contributed by atoms with E-state index >= 15 is 0 Å². The highest BCUT2D eigenvalue weighted by molar-refractivity contribution is 7.91. The molecule has 1 aromatic carbocycles. The van der Waals surface area contributed by atoms with E-state index in [0.717, 1.165) is 22.6 Å². The number of aryl methyl sites for hydroxylation is 1. The average molecular weight is 478 g/mol. The van der Waals surface area contributed by atoms with E-state index < -0.39 is 22.8 Å². The van der Waals surface area contributed by atoms with E-state index in [1.807, 2.05) is 25.1 Å². The van der Waals surface area contributed by atoms with Crippen molar-refractivity contribution in [2.45, 2.75) is 63.9 Å². The average Bonchev–Trinajstić information content (AvgIpc) is 3.17. The zero-order valence-electron chi connectivity index (χ0n) is 19.7. The molecular weight excluding hydrogens is 442 g/mol. The summed E-state index contributed by atoms with van der Waals surface area (Å²) in [7, 11) is -4.83. The summed E-state index contributed by atoms with van der Waals surface area (Å²) in [6.45, 7) is 11.5. The predicted octanol–water partition coefficient (Wildman–Crippen LogP) is 4.72. The first-order chi connectivity index (χ1) is 15.0. The van der Waals surface area contributed by atoms with E-state index in [0.29, 0.717) is 30.7 Å². The summed E-state index contributed by atoms with van der Waals surface area (Å²) in [5.41, 5.74) is 2.95. The van der Waals surface area contributed by atoms with Gasteiger partial charge in [-0.1, -0.05) is 50.0 Å². The minimum Gasteiger partial charge on any atom is -0.392 e. The third-order valence-corrected chi connectivity index (χ3v) is 9.98. The SMILES string of the molecule is Cc1cc(COCOCC[Si](C)(C)C)c(CO)c2ccn(S(=O)(=O)C3(C)C=CC=CC3)c12. The molecule has 1 atom stereocenters. The van der Waals surface area contributed by atoms with Gasteiger partial charge in [-0.05, 0) is 49.1 Å². The van der Waals surface area contributed by atoms with Gasteiger partial charge in [-0.15, -0.1) is 0 Å². The van der Waals surface area contributed by atoms with Crippen molar-refractivity contribution in [3.05, 3.63) is 59.3 Å². The van der Waals surface area contributed by atoms with Crippen LogP contribution >= 0.6 is 0 Å². The van der Waals surface area contributed by atoms with E-state index in [-0.39, 0.29) is 13.4 Å². The Morgan fingerprint density at radius 2 is 1.97 bits per heavy atom. The third-order valence-electron chi connectivity index (χ3n) is 5.98. The number of benzene rings is 1. The predicted molar refractivity (Wildman–Crippen MR) is 132 cm³/mol. The van der Waals surface area contributed by atoms with E-state index in [2.05, 4.69) is 19.6 Å². The summed E-state index contributed by atoms with van der Waals surface area (Å²) in [5.74, 6) is 0. The van der Waals surface area contributed by atoms with Crippen LogP contribution in [0.1, 0.15) is 30.0 Å². The molecule has 0 saturated heterocycles. The Hall–Kier alpha value is -1.71. The number of allylic oxidation sites excluding steroid dienone is 3. The minimum atomic E-state index is -3.70. The number of hydrogen-bond acceptors (Lipinski definition) is 5. The first-order valence-corrected chi connectivity index (χ1v) is 16.1. The molecule has 0 radical (unpaired) electrons. The fourth-order valence-electron chi connectivity index (χ4n) is 3.92. The van der Waals surface area contributed by atoms with Crippen molar-refractivity contribution in [1.29, 1.82) is 0 Å². The van der Waals surface area contributed by atoms with Crippen LogP contribution in [0.5, 0.6) is 0 Å². The topological polar surface area (TPSA) is 77.8 Å². The number of rotatable bonds is 10. The number of nitrogens with zero attached hydrogens (tertiary/aromatic N) is 1. The zero-order valence-corrected chi connectivity index (χ0v) is 21.5. The van der Waals surface area contributed by atoms with Crippen LogP contribution in [0, 0.1) is 6.92 Å². The Labute approximate surface area is 192 Å². The monoisotopic (exact) mass is 477 g/mol. The maximum atomic E-state index is 13.5. The van der Waals surface area contributed by atoms with Crippen LogP contribution in [-0.4, -0.2) is 43.7 Å². The van der Waals surface area contributed by atoms with Crippen LogP contribution in [0.4, 0.5) is 0 Å². The number of fused-ring (bicyclic) bond motifs is 1. The van der Waals surface area contributed by atoms with Crippen molar-refractivity contribution in [2.75, 3.05) is 13.4 Å². The van der Waals surface area contributed by atoms with Gasteiger partial charge in [-0.3, -0.25) is 0 Å². The highest BCUT2D eigenvalue weighted by Gasteiger charge is 2.39. The zero-order chi connectivity index (χ0) is 23.6. The van der Waals surface area contributed by atoms with Gasteiger partial charge >= 0.3 is 0 Å². The smallest absolute Gasteiger partial charge is 0.248 e. The molecule has 0 aliphatic heterocycles. The highest BCUT2D eigenvalue weighted by Crippen LogP contribution is 2.34. The molecular formula is C24H35NO5SSi. The summed E-state index contributed by atoms with van der Waals surface area (Å²) in [5, 5.41) is 10.8. The van der Waals surface area contributed by atoms with Crippen molar-refractivity contribution in [2.24, 2.45) is 0 Å². The van der Waals surface area contributed by atoms with Gasteiger partial charge in [0.05, 0.1) is 18.7 Å². The van der Waals surface area contributed by atoms with Gasteiger partial charge in [-0.2, -0.15) is 0 Å². The lowest BCUT2D eigenvalue weighted by Gasteiger charge is -2.27. The molecule has 8 heteroatoms. The lowest BCUT2D eigenvalue weighted by molar-refractivity contribution is -0.0576. The largest absolute Gasteiger partial charge is 0.392 e. The molecule has 1 N–H and O–H groups in total. The molecule has 1 aliphatic rings.